The Morgan fingerprint density at radius 1 is 1.04 bits per heavy atom. The summed E-state index contributed by atoms with van der Waals surface area (Å²) in [5, 5.41) is 0. The van der Waals surface area contributed by atoms with Crippen LogP contribution in [0.25, 0.3) is 0 Å². The number of nitrogens with zero attached hydrogens (tertiary/aromatic N) is 2. The lowest BCUT2D eigenvalue weighted by molar-refractivity contribution is 0.0581. The molecule has 1 amide bonds. The van der Waals surface area contributed by atoms with Gasteiger partial charge in [0.05, 0.1) is 12.7 Å². The molecule has 3 rings (SSSR count). The highest BCUT2D eigenvalue weighted by Gasteiger charge is 2.29. The molecule has 0 spiro atoms. The maximum absolute atomic E-state index is 13.1. The van der Waals surface area contributed by atoms with E-state index in [4.69, 9.17) is 4.74 Å². The van der Waals surface area contributed by atoms with E-state index in [9.17, 15) is 4.79 Å². The Kier molecular flexibility index (Phi) is 8.73. The van der Waals surface area contributed by atoms with Crippen LogP contribution in [-0.4, -0.2) is 55.0 Å². The molecule has 2 aliphatic heterocycles. The molecule has 0 bridgehead atoms. The Morgan fingerprint density at radius 3 is 2.46 bits per heavy atom. The molecule has 26 heavy (non-hydrogen) atoms. The Morgan fingerprint density at radius 2 is 1.73 bits per heavy atom. The third-order valence-electron chi connectivity index (χ3n) is 5.70. The van der Waals surface area contributed by atoms with Crippen LogP contribution in [0.3, 0.4) is 0 Å². The number of carbonyl (C=O) groups excluding carboxylic acids is 1. The van der Waals surface area contributed by atoms with Gasteiger partial charge in [0.2, 0.25) is 0 Å². The van der Waals surface area contributed by atoms with Crippen molar-refractivity contribution in [1.29, 1.82) is 0 Å². The number of hydrogen-bond donors (Lipinski definition) is 0. The number of carbonyl (C=O) groups is 1. The maximum Gasteiger partial charge on any atom is 0.257 e. The zero-order valence-corrected chi connectivity index (χ0v) is 16.8. The Hall–Kier alpha value is -1.26. The SMILES string of the molecule is COc1ccccc1C(=O)N1CCCCC1CCN1CCCCCC1.Cl. The summed E-state index contributed by atoms with van der Waals surface area (Å²) in [6.07, 6.45) is 9.98. The molecule has 2 saturated heterocycles. The molecule has 146 valence electrons. The lowest BCUT2D eigenvalue weighted by Crippen LogP contribution is -2.45. The minimum absolute atomic E-state index is 0. The topological polar surface area (TPSA) is 32.8 Å². The number of piperidine rings is 1. The second kappa shape index (κ2) is 10.8. The summed E-state index contributed by atoms with van der Waals surface area (Å²) in [6.45, 7) is 4.46. The van der Waals surface area contributed by atoms with Gasteiger partial charge in [-0.1, -0.05) is 25.0 Å². The third kappa shape index (κ3) is 5.37. The van der Waals surface area contributed by atoms with E-state index in [0.29, 0.717) is 17.4 Å². The fourth-order valence-corrected chi connectivity index (χ4v) is 4.24. The number of ether oxygens (including phenoxy) is 1. The van der Waals surface area contributed by atoms with Gasteiger partial charge in [0.1, 0.15) is 5.75 Å². The summed E-state index contributed by atoms with van der Waals surface area (Å²) in [7, 11) is 1.64. The van der Waals surface area contributed by atoms with Crippen LogP contribution in [0.5, 0.6) is 5.75 Å². The smallest absolute Gasteiger partial charge is 0.257 e. The van der Waals surface area contributed by atoms with Crippen LogP contribution < -0.4 is 4.74 Å². The standard InChI is InChI=1S/C21H32N2O2.ClH/c1-25-20-12-5-4-11-19(20)21(24)23-16-9-6-10-18(23)13-17-22-14-7-2-3-8-15-22;/h4-5,11-12,18H,2-3,6-10,13-17H2,1H3;1H. The molecule has 1 unspecified atom stereocenters. The average Bonchev–Trinajstić information content (AvgIpc) is 2.95. The third-order valence-corrected chi connectivity index (χ3v) is 5.70. The highest BCUT2D eigenvalue weighted by atomic mass is 35.5. The molecule has 2 heterocycles. The van der Waals surface area contributed by atoms with E-state index in [0.717, 1.165) is 32.4 Å². The Balaban J connectivity index is 0.00000243. The fraction of sp³-hybridized carbons (Fsp3) is 0.667. The van der Waals surface area contributed by atoms with Gasteiger partial charge in [0.15, 0.2) is 0 Å². The molecule has 0 saturated carbocycles. The first-order chi connectivity index (χ1) is 12.3. The number of amides is 1. The number of likely N-dealkylation sites (tertiary alicyclic amines) is 2. The molecule has 4 nitrogen and oxygen atoms in total. The van der Waals surface area contributed by atoms with E-state index in [2.05, 4.69) is 9.80 Å². The number of methoxy groups -OCH3 is 1. The first-order valence-corrected chi connectivity index (χ1v) is 9.96. The minimum atomic E-state index is 0. The maximum atomic E-state index is 13.1. The van der Waals surface area contributed by atoms with Crippen LogP contribution >= 0.6 is 12.4 Å². The van der Waals surface area contributed by atoms with Gasteiger partial charge < -0.3 is 14.5 Å². The summed E-state index contributed by atoms with van der Waals surface area (Å²) in [4.78, 5) is 17.8. The monoisotopic (exact) mass is 380 g/mol. The van der Waals surface area contributed by atoms with Crippen LogP contribution in [0.15, 0.2) is 24.3 Å². The van der Waals surface area contributed by atoms with Crippen LogP contribution in [0.4, 0.5) is 0 Å². The zero-order chi connectivity index (χ0) is 17.5. The fourth-order valence-electron chi connectivity index (χ4n) is 4.24. The summed E-state index contributed by atoms with van der Waals surface area (Å²) >= 11 is 0. The normalized spacial score (nSPS) is 21.6. The first-order valence-electron chi connectivity index (χ1n) is 9.96. The van der Waals surface area contributed by atoms with Crippen molar-refractivity contribution in [3.8, 4) is 5.75 Å². The van der Waals surface area contributed by atoms with Gasteiger partial charge in [-0.2, -0.15) is 0 Å². The van der Waals surface area contributed by atoms with E-state index in [1.54, 1.807) is 7.11 Å². The number of benzene rings is 1. The molecule has 0 radical (unpaired) electrons. The van der Waals surface area contributed by atoms with Crippen molar-refractivity contribution in [3.05, 3.63) is 29.8 Å². The first kappa shape index (κ1) is 21.0. The summed E-state index contributed by atoms with van der Waals surface area (Å²) in [5.41, 5.74) is 0.701. The van der Waals surface area contributed by atoms with E-state index in [-0.39, 0.29) is 18.3 Å². The highest BCUT2D eigenvalue weighted by molar-refractivity contribution is 5.97. The van der Waals surface area contributed by atoms with Crippen molar-refractivity contribution in [2.75, 3.05) is 33.3 Å². The van der Waals surface area contributed by atoms with Gasteiger partial charge in [0.25, 0.3) is 5.91 Å². The van der Waals surface area contributed by atoms with Gasteiger partial charge in [0, 0.05) is 19.1 Å². The Bertz CT molecular complexity index is 559. The second-order valence-corrected chi connectivity index (χ2v) is 7.39. The van der Waals surface area contributed by atoms with Gasteiger partial charge in [-0.25, -0.2) is 0 Å². The number of hydrogen-bond acceptors (Lipinski definition) is 3. The summed E-state index contributed by atoms with van der Waals surface area (Å²) in [5.74, 6) is 0.822. The van der Waals surface area contributed by atoms with Crippen LogP contribution in [-0.2, 0) is 0 Å². The van der Waals surface area contributed by atoms with Gasteiger partial charge in [-0.05, 0) is 63.7 Å². The quantitative estimate of drug-likeness (QED) is 0.760. The van der Waals surface area contributed by atoms with E-state index in [1.807, 2.05) is 24.3 Å². The molecule has 2 fully saturated rings. The number of para-hydroxylation sites is 1. The second-order valence-electron chi connectivity index (χ2n) is 7.39. The van der Waals surface area contributed by atoms with Crippen molar-refractivity contribution in [1.82, 2.24) is 9.80 Å². The average molecular weight is 381 g/mol. The Labute approximate surface area is 164 Å². The van der Waals surface area contributed by atoms with Gasteiger partial charge >= 0.3 is 0 Å². The number of rotatable bonds is 5. The number of halogens is 1. The molecule has 5 heteroatoms. The van der Waals surface area contributed by atoms with Gasteiger partial charge in [-0.15, -0.1) is 12.4 Å². The molecule has 1 atom stereocenters. The van der Waals surface area contributed by atoms with Crippen molar-refractivity contribution in [2.45, 2.75) is 57.4 Å². The lowest BCUT2D eigenvalue weighted by atomic mass is 9.97. The molecule has 1 aromatic carbocycles. The summed E-state index contributed by atoms with van der Waals surface area (Å²) in [6, 6.07) is 7.98. The van der Waals surface area contributed by atoms with Crippen LogP contribution in [0.2, 0.25) is 0 Å². The highest BCUT2D eigenvalue weighted by Crippen LogP contribution is 2.26. The largest absolute Gasteiger partial charge is 0.496 e. The molecule has 0 aromatic heterocycles. The summed E-state index contributed by atoms with van der Waals surface area (Å²) < 4.78 is 5.41. The lowest BCUT2D eigenvalue weighted by Gasteiger charge is -2.37. The van der Waals surface area contributed by atoms with E-state index < -0.39 is 0 Å². The van der Waals surface area contributed by atoms with Crippen molar-refractivity contribution >= 4 is 18.3 Å². The predicted octanol–water partition coefficient (Wildman–Crippen LogP) is 4.38. The van der Waals surface area contributed by atoms with Crippen molar-refractivity contribution < 1.29 is 9.53 Å². The molecular weight excluding hydrogens is 348 g/mol. The van der Waals surface area contributed by atoms with Crippen LogP contribution in [0, 0.1) is 0 Å². The van der Waals surface area contributed by atoms with Crippen molar-refractivity contribution in [2.24, 2.45) is 0 Å². The van der Waals surface area contributed by atoms with Crippen molar-refractivity contribution in [3.63, 3.8) is 0 Å². The predicted molar refractivity (Wildman–Crippen MR) is 108 cm³/mol. The molecular formula is C21H33ClN2O2. The van der Waals surface area contributed by atoms with Gasteiger partial charge in [-0.3, -0.25) is 4.79 Å². The molecule has 0 aliphatic carbocycles. The van der Waals surface area contributed by atoms with E-state index >= 15 is 0 Å². The van der Waals surface area contributed by atoms with E-state index in [1.165, 1.54) is 45.2 Å². The molecule has 1 aromatic rings. The molecule has 2 aliphatic rings. The zero-order valence-electron chi connectivity index (χ0n) is 16.0. The minimum Gasteiger partial charge on any atom is -0.496 e. The van der Waals surface area contributed by atoms with Crippen LogP contribution in [0.1, 0.15) is 61.7 Å². The molecule has 0 N–H and O–H groups in total.